The number of benzene rings is 2. The summed E-state index contributed by atoms with van der Waals surface area (Å²) in [6, 6.07) is 17.2. The lowest BCUT2D eigenvalue weighted by Gasteiger charge is -2.19. The molecule has 3 aromatic rings. The maximum Gasteiger partial charge on any atom is 0.433 e. The molecule has 0 N–H and O–H groups in total. The van der Waals surface area contributed by atoms with Crippen molar-refractivity contribution in [2.24, 2.45) is 5.10 Å². The highest BCUT2D eigenvalue weighted by Crippen LogP contribution is 2.28. The SMILES string of the molecule is COc1ccc(N(/N=C/c2ccc([N+](=O)[O-])o2)c2ccc(Cl)cc2)cc1. The predicted octanol–water partition coefficient (Wildman–Crippen LogP) is 5.02. The van der Waals surface area contributed by atoms with E-state index < -0.39 is 4.92 Å². The average molecular weight is 372 g/mol. The van der Waals surface area contributed by atoms with Crippen LogP contribution in [0, 0.1) is 10.1 Å². The minimum absolute atomic E-state index is 0.268. The van der Waals surface area contributed by atoms with Gasteiger partial charge in [0.2, 0.25) is 0 Å². The van der Waals surface area contributed by atoms with E-state index in [1.165, 1.54) is 18.3 Å². The summed E-state index contributed by atoms with van der Waals surface area (Å²) in [6.45, 7) is 0. The molecule has 0 amide bonds. The molecule has 8 heteroatoms. The lowest BCUT2D eigenvalue weighted by atomic mass is 10.2. The molecular formula is C18H14ClN3O4. The van der Waals surface area contributed by atoms with Crippen molar-refractivity contribution in [1.82, 2.24) is 0 Å². The molecule has 0 spiro atoms. The summed E-state index contributed by atoms with van der Waals surface area (Å²) in [5, 5.41) is 17.4. The molecule has 0 aliphatic rings. The highest BCUT2D eigenvalue weighted by Gasteiger charge is 2.12. The van der Waals surface area contributed by atoms with Crippen LogP contribution in [0.25, 0.3) is 0 Å². The Morgan fingerprint density at radius 1 is 1.08 bits per heavy atom. The largest absolute Gasteiger partial charge is 0.497 e. The number of hydrogen-bond acceptors (Lipinski definition) is 6. The van der Waals surface area contributed by atoms with Gasteiger partial charge in [0.15, 0.2) is 5.76 Å². The molecule has 0 aliphatic heterocycles. The minimum Gasteiger partial charge on any atom is -0.497 e. The second-order valence-electron chi connectivity index (χ2n) is 5.16. The van der Waals surface area contributed by atoms with Crippen molar-refractivity contribution < 1.29 is 14.1 Å². The van der Waals surface area contributed by atoms with Gasteiger partial charge in [-0.05, 0) is 54.6 Å². The van der Waals surface area contributed by atoms with Gasteiger partial charge >= 0.3 is 5.88 Å². The normalized spacial score (nSPS) is 10.8. The van der Waals surface area contributed by atoms with E-state index in [-0.39, 0.29) is 11.6 Å². The number of methoxy groups -OCH3 is 1. The number of nitro groups is 1. The Morgan fingerprint density at radius 2 is 1.69 bits per heavy atom. The first-order valence-corrected chi connectivity index (χ1v) is 7.92. The van der Waals surface area contributed by atoms with Crippen molar-refractivity contribution in [3.05, 3.63) is 81.6 Å². The van der Waals surface area contributed by atoms with Crippen molar-refractivity contribution in [1.29, 1.82) is 0 Å². The van der Waals surface area contributed by atoms with E-state index in [0.717, 1.165) is 17.1 Å². The van der Waals surface area contributed by atoms with Crippen LogP contribution in [-0.4, -0.2) is 18.2 Å². The molecule has 132 valence electrons. The molecule has 0 saturated heterocycles. The summed E-state index contributed by atoms with van der Waals surface area (Å²) in [7, 11) is 1.59. The van der Waals surface area contributed by atoms with Gasteiger partial charge in [-0.3, -0.25) is 10.1 Å². The van der Waals surface area contributed by atoms with Gasteiger partial charge in [0, 0.05) is 5.02 Å². The lowest BCUT2D eigenvalue weighted by molar-refractivity contribution is -0.402. The summed E-state index contributed by atoms with van der Waals surface area (Å²) >= 11 is 5.95. The van der Waals surface area contributed by atoms with E-state index in [1.54, 1.807) is 24.3 Å². The number of halogens is 1. The number of furan rings is 1. The maximum atomic E-state index is 10.7. The Balaban J connectivity index is 1.94. The van der Waals surface area contributed by atoms with Gasteiger partial charge in [0.05, 0.1) is 30.8 Å². The Morgan fingerprint density at radius 3 is 2.23 bits per heavy atom. The molecule has 1 aromatic heterocycles. The van der Waals surface area contributed by atoms with E-state index in [2.05, 4.69) is 5.10 Å². The maximum absolute atomic E-state index is 10.7. The van der Waals surface area contributed by atoms with Crippen LogP contribution in [0.4, 0.5) is 17.3 Å². The molecule has 0 atom stereocenters. The molecule has 26 heavy (non-hydrogen) atoms. The van der Waals surface area contributed by atoms with Crippen LogP contribution < -0.4 is 9.75 Å². The summed E-state index contributed by atoms with van der Waals surface area (Å²) in [5.74, 6) is 0.647. The first-order valence-electron chi connectivity index (χ1n) is 7.55. The van der Waals surface area contributed by atoms with E-state index in [1.807, 2.05) is 36.4 Å². The van der Waals surface area contributed by atoms with Gasteiger partial charge in [-0.15, -0.1) is 0 Å². The van der Waals surface area contributed by atoms with Gasteiger partial charge in [-0.2, -0.15) is 5.10 Å². The molecule has 0 unspecified atom stereocenters. The zero-order valence-corrected chi connectivity index (χ0v) is 14.5. The molecule has 0 radical (unpaired) electrons. The summed E-state index contributed by atoms with van der Waals surface area (Å²) in [6.07, 6.45) is 1.41. The molecule has 1 heterocycles. The van der Waals surface area contributed by atoms with Gasteiger partial charge < -0.3 is 9.15 Å². The molecule has 0 fully saturated rings. The first-order chi connectivity index (χ1) is 12.6. The van der Waals surface area contributed by atoms with Crippen molar-refractivity contribution >= 4 is 35.1 Å². The second-order valence-corrected chi connectivity index (χ2v) is 5.60. The van der Waals surface area contributed by atoms with E-state index in [9.17, 15) is 10.1 Å². The summed E-state index contributed by atoms with van der Waals surface area (Å²) in [5.41, 5.74) is 1.53. The smallest absolute Gasteiger partial charge is 0.433 e. The van der Waals surface area contributed by atoms with Crippen LogP contribution in [0.1, 0.15) is 5.76 Å². The first kappa shape index (κ1) is 17.5. The second kappa shape index (κ2) is 7.71. The number of hydrazone groups is 1. The van der Waals surface area contributed by atoms with Crippen LogP contribution >= 0.6 is 11.6 Å². The minimum atomic E-state index is -0.599. The summed E-state index contributed by atoms with van der Waals surface area (Å²) < 4.78 is 10.3. The monoisotopic (exact) mass is 371 g/mol. The van der Waals surface area contributed by atoms with Gasteiger partial charge in [-0.1, -0.05) is 11.6 Å². The van der Waals surface area contributed by atoms with Crippen molar-refractivity contribution in [2.45, 2.75) is 0 Å². The van der Waals surface area contributed by atoms with Gasteiger partial charge in [0.1, 0.15) is 10.7 Å². The Kier molecular flexibility index (Phi) is 5.19. The topological polar surface area (TPSA) is 81.1 Å². The fraction of sp³-hybridized carbons (Fsp3) is 0.0556. The third kappa shape index (κ3) is 4.01. The van der Waals surface area contributed by atoms with Crippen molar-refractivity contribution in [2.75, 3.05) is 12.1 Å². The average Bonchev–Trinajstić information content (AvgIpc) is 3.13. The molecule has 0 saturated carbocycles. The van der Waals surface area contributed by atoms with Crippen LogP contribution in [-0.2, 0) is 0 Å². The highest BCUT2D eigenvalue weighted by molar-refractivity contribution is 6.30. The van der Waals surface area contributed by atoms with E-state index >= 15 is 0 Å². The number of hydrogen-bond donors (Lipinski definition) is 0. The van der Waals surface area contributed by atoms with Crippen molar-refractivity contribution in [3.8, 4) is 5.75 Å². The Labute approximate surface area is 154 Å². The number of ether oxygens (including phenoxy) is 1. The highest BCUT2D eigenvalue weighted by atomic mass is 35.5. The Bertz CT molecular complexity index is 920. The van der Waals surface area contributed by atoms with E-state index in [4.69, 9.17) is 20.8 Å². The Hall–Kier alpha value is -3.32. The van der Waals surface area contributed by atoms with Gasteiger partial charge in [-0.25, -0.2) is 5.01 Å². The fourth-order valence-electron chi connectivity index (χ4n) is 2.21. The number of anilines is 2. The number of nitrogens with zero attached hydrogens (tertiary/aromatic N) is 3. The van der Waals surface area contributed by atoms with Crippen molar-refractivity contribution in [3.63, 3.8) is 0 Å². The zero-order valence-electron chi connectivity index (χ0n) is 13.7. The van der Waals surface area contributed by atoms with Crippen LogP contribution in [0.5, 0.6) is 5.75 Å². The van der Waals surface area contributed by atoms with Crippen LogP contribution in [0.2, 0.25) is 5.02 Å². The lowest BCUT2D eigenvalue weighted by Crippen LogP contribution is -2.09. The molecule has 7 nitrogen and oxygen atoms in total. The summed E-state index contributed by atoms with van der Waals surface area (Å²) in [4.78, 5) is 10.1. The zero-order chi connectivity index (χ0) is 18.5. The fourth-order valence-corrected chi connectivity index (χ4v) is 2.34. The van der Waals surface area contributed by atoms with Crippen LogP contribution in [0.15, 0.2) is 70.2 Å². The third-order valence-electron chi connectivity index (χ3n) is 3.48. The quantitative estimate of drug-likeness (QED) is 0.345. The number of rotatable bonds is 6. The van der Waals surface area contributed by atoms with Gasteiger partial charge in [0.25, 0.3) is 0 Å². The van der Waals surface area contributed by atoms with E-state index in [0.29, 0.717) is 5.02 Å². The molecule has 0 bridgehead atoms. The predicted molar refractivity (Wildman–Crippen MR) is 99.5 cm³/mol. The third-order valence-corrected chi connectivity index (χ3v) is 3.73. The standard InChI is InChI=1S/C18H14ClN3O4/c1-25-16-8-6-15(7-9-16)21(14-4-2-13(19)3-5-14)20-12-17-10-11-18(26-17)22(23)24/h2-12H,1H3/b20-12+. The van der Waals surface area contributed by atoms with Crippen LogP contribution in [0.3, 0.4) is 0 Å². The molecule has 0 aliphatic carbocycles. The molecule has 3 rings (SSSR count). The molecular weight excluding hydrogens is 358 g/mol. The molecule has 2 aromatic carbocycles.